The number of benzene rings is 1. The Morgan fingerprint density at radius 3 is 2.42 bits per heavy atom. The van der Waals surface area contributed by atoms with Crippen molar-refractivity contribution in [3.63, 3.8) is 0 Å². The minimum atomic E-state index is -0.192. The van der Waals surface area contributed by atoms with Gasteiger partial charge in [0.2, 0.25) is 0 Å². The molecular formula is C20H25ClO3. The molecule has 0 heterocycles. The minimum absolute atomic E-state index is 0.0616. The first-order valence-corrected chi connectivity index (χ1v) is 9.30. The SMILES string of the molecule is Cc1cc(OC(=O)C2CC3CCCC(C2)C3=O)c(C(C)C)cc1Cl. The molecule has 3 rings (SSSR count). The molecule has 1 aromatic rings. The Kier molecular flexibility index (Phi) is 5.00. The van der Waals surface area contributed by atoms with Gasteiger partial charge in [-0.15, -0.1) is 0 Å². The summed E-state index contributed by atoms with van der Waals surface area (Å²) in [5.41, 5.74) is 1.85. The van der Waals surface area contributed by atoms with E-state index in [4.69, 9.17) is 16.3 Å². The van der Waals surface area contributed by atoms with Crippen LogP contribution in [0.25, 0.3) is 0 Å². The molecule has 0 spiro atoms. The fraction of sp³-hybridized carbons (Fsp3) is 0.600. The highest BCUT2D eigenvalue weighted by molar-refractivity contribution is 6.31. The van der Waals surface area contributed by atoms with Crippen LogP contribution < -0.4 is 4.74 Å². The molecule has 0 aromatic heterocycles. The van der Waals surface area contributed by atoms with Gasteiger partial charge in [-0.05, 0) is 61.8 Å². The molecule has 4 heteroatoms. The number of Topliss-reactive ketones (excluding diaryl/α,β-unsaturated/α-hetero) is 1. The molecule has 2 bridgehead atoms. The Labute approximate surface area is 148 Å². The highest BCUT2D eigenvalue weighted by atomic mass is 35.5. The minimum Gasteiger partial charge on any atom is -0.426 e. The Morgan fingerprint density at radius 2 is 1.83 bits per heavy atom. The summed E-state index contributed by atoms with van der Waals surface area (Å²) in [4.78, 5) is 24.9. The van der Waals surface area contributed by atoms with Crippen LogP contribution in [0.15, 0.2) is 12.1 Å². The fourth-order valence-electron chi connectivity index (χ4n) is 4.07. The summed E-state index contributed by atoms with van der Waals surface area (Å²) < 4.78 is 5.77. The molecule has 2 atom stereocenters. The Morgan fingerprint density at radius 1 is 1.21 bits per heavy atom. The van der Waals surface area contributed by atoms with Crippen molar-refractivity contribution in [1.82, 2.24) is 0 Å². The number of rotatable bonds is 3. The summed E-state index contributed by atoms with van der Waals surface area (Å²) in [7, 11) is 0. The summed E-state index contributed by atoms with van der Waals surface area (Å²) in [6.07, 6.45) is 4.26. The van der Waals surface area contributed by atoms with Crippen molar-refractivity contribution in [2.24, 2.45) is 17.8 Å². The molecule has 2 fully saturated rings. The van der Waals surface area contributed by atoms with Gasteiger partial charge >= 0.3 is 5.97 Å². The molecule has 0 aliphatic heterocycles. The number of halogens is 1. The topological polar surface area (TPSA) is 43.4 Å². The van der Waals surface area contributed by atoms with Gasteiger partial charge in [0.15, 0.2) is 0 Å². The van der Waals surface area contributed by atoms with Gasteiger partial charge in [-0.3, -0.25) is 9.59 Å². The van der Waals surface area contributed by atoms with Crippen LogP contribution in [0.1, 0.15) is 63.0 Å². The van der Waals surface area contributed by atoms with E-state index in [1.807, 2.05) is 19.1 Å². The highest BCUT2D eigenvalue weighted by Crippen LogP contribution is 2.41. The molecule has 2 saturated carbocycles. The molecule has 3 nitrogen and oxygen atoms in total. The molecule has 0 saturated heterocycles. The predicted molar refractivity (Wildman–Crippen MR) is 94.5 cm³/mol. The number of ketones is 1. The van der Waals surface area contributed by atoms with Crippen molar-refractivity contribution < 1.29 is 14.3 Å². The Hall–Kier alpha value is -1.35. The van der Waals surface area contributed by atoms with Crippen LogP contribution in [0, 0.1) is 24.7 Å². The first-order chi connectivity index (χ1) is 11.4. The van der Waals surface area contributed by atoms with Crippen LogP contribution in [-0.2, 0) is 9.59 Å². The number of aryl methyl sites for hydroxylation is 1. The second-order valence-corrected chi connectivity index (χ2v) is 8.02. The summed E-state index contributed by atoms with van der Waals surface area (Å²) >= 11 is 6.22. The van der Waals surface area contributed by atoms with E-state index in [1.54, 1.807) is 0 Å². The summed E-state index contributed by atoms with van der Waals surface area (Å²) in [5, 5.41) is 0.691. The molecule has 130 valence electrons. The fourth-order valence-corrected chi connectivity index (χ4v) is 4.25. The van der Waals surface area contributed by atoms with Gasteiger partial charge in [-0.25, -0.2) is 0 Å². The standard InChI is InChI=1S/C20H25ClO3/c1-11(2)16-10-17(21)12(3)7-18(16)24-20(23)15-8-13-5-4-6-14(9-15)19(13)22/h7,10-11,13-15H,4-6,8-9H2,1-3H3. The largest absolute Gasteiger partial charge is 0.426 e. The van der Waals surface area contributed by atoms with Crippen LogP contribution in [0.4, 0.5) is 0 Å². The second kappa shape index (κ2) is 6.87. The lowest BCUT2D eigenvalue weighted by atomic mass is 9.67. The maximum atomic E-state index is 12.7. The predicted octanol–water partition coefficient (Wildman–Crippen LogP) is 5.07. The molecule has 0 amide bonds. The lowest BCUT2D eigenvalue weighted by molar-refractivity contribution is -0.145. The van der Waals surface area contributed by atoms with Crippen LogP contribution in [-0.4, -0.2) is 11.8 Å². The van der Waals surface area contributed by atoms with Gasteiger partial charge in [0.25, 0.3) is 0 Å². The number of carbonyl (C=O) groups is 2. The third-order valence-electron chi connectivity index (χ3n) is 5.50. The molecule has 24 heavy (non-hydrogen) atoms. The van der Waals surface area contributed by atoms with E-state index in [0.717, 1.165) is 30.4 Å². The zero-order valence-electron chi connectivity index (χ0n) is 14.6. The van der Waals surface area contributed by atoms with Gasteiger partial charge in [-0.2, -0.15) is 0 Å². The Balaban J connectivity index is 1.78. The summed E-state index contributed by atoms with van der Waals surface area (Å²) in [6, 6.07) is 3.74. The van der Waals surface area contributed by atoms with Gasteiger partial charge in [-0.1, -0.05) is 31.9 Å². The van der Waals surface area contributed by atoms with Crippen molar-refractivity contribution in [3.05, 3.63) is 28.3 Å². The van der Waals surface area contributed by atoms with E-state index >= 15 is 0 Å². The number of hydrogen-bond acceptors (Lipinski definition) is 3. The number of ether oxygens (including phenoxy) is 1. The maximum absolute atomic E-state index is 12.7. The number of carbonyl (C=O) groups excluding carboxylic acids is 2. The van der Waals surface area contributed by atoms with Crippen LogP contribution in [0.3, 0.4) is 0 Å². The van der Waals surface area contributed by atoms with Crippen molar-refractivity contribution in [2.45, 2.75) is 58.8 Å². The molecule has 2 unspecified atom stereocenters. The highest BCUT2D eigenvalue weighted by Gasteiger charge is 2.42. The first-order valence-electron chi connectivity index (χ1n) is 8.92. The second-order valence-electron chi connectivity index (χ2n) is 7.61. The quantitative estimate of drug-likeness (QED) is 0.565. The molecule has 1 aromatic carbocycles. The van der Waals surface area contributed by atoms with Gasteiger partial charge in [0.1, 0.15) is 11.5 Å². The van der Waals surface area contributed by atoms with Crippen LogP contribution in [0.2, 0.25) is 5.02 Å². The number of hydrogen-bond donors (Lipinski definition) is 0. The van der Waals surface area contributed by atoms with Crippen LogP contribution >= 0.6 is 11.6 Å². The average molecular weight is 349 g/mol. The zero-order valence-corrected chi connectivity index (χ0v) is 15.4. The van der Waals surface area contributed by atoms with E-state index < -0.39 is 0 Å². The van der Waals surface area contributed by atoms with E-state index in [9.17, 15) is 9.59 Å². The monoisotopic (exact) mass is 348 g/mol. The number of esters is 1. The van der Waals surface area contributed by atoms with Crippen molar-refractivity contribution in [1.29, 1.82) is 0 Å². The average Bonchev–Trinajstić information content (AvgIpc) is 2.50. The smallest absolute Gasteiger partial charge is 0.314 e. The van der Waals surface area contributed by atoms with Crippen LogP contribution in [0.5, 0.6) is 5.75 Å². The molecular weight excluding hydrogens is 324 g/mol. The lowest BCUT2D eigenvalue weighted by Crippen LogP contribution is -2.40. The molecule has 0 radical (unpaired) electrons. The maximum Gasteiger partial charge on any atom is 0.314 e. The Bertz CT molecular complexity index is 649. The molecule has 0 N–H and O–H groups in total. The molecule has 2 aliphatic rings. The van der Waals surface area contributed by atoms with E-state index in [-0.39, 0.29) is 29.6 Å². The van der Waals surface area contributed by atoms with Gasteiger partial charge in [0, 0.05) is 16.9 Å². The van der Waals surface area contributed by atoms with E-state index in [0.29, 0.717) is 29.4 Å². The third kappa shape index (κ3) is 3.37. The zero-order chi connectivity index (χ0) is 17.4. The van der Waals surface area contributed by atoms with Crippen molar-refractivity contribution in [3.8, 4) is 5.75 Å². The van der Waals surface area contributed by atoms with Gasteiger partial charge < -0.3 is 4.74 Å². The van der Waals surface area contributed by atoms with Gasteiger partial charge in [0.05, 0.1) is 5.92 Å². The van der Waals surface area contributed by atoms with E-state index in [1.165, 1.54) is 0 Å². The lowest BCUT2D eigenvalue weighted by Gasteiger charge is -2.36. The van der Waals surface area contributed by atoms with Crippen molar-refractivity contribution >= 4 is 23.4 Å². The summed E-state index contributed by atoms with van der Waals surface area (Å²) in [5.74, 6) is 0.975. The first kappa shape index (κ1) is 17.5. The van der Waals surface area contributed by atoms with E-state index in [2.05, 4.69) is 13.8 Å². The number of fused-ring (bicyclic) bond motifs is 2. The third-order valence-corrected chi connectivity index (χ3v) is 5.91. The molecule has 2 aliphatic carbocycles. The normalized spacial score (nSPS) is 26.5. The summed E-state index contributed by atoms with van der Waals surface area (Å²) in [6.45, 7) is 6.03. The van der Waals surface area contributed by atoms with Crippen molar-refractivity contribution in [2.75, 3.05) is 0 Å².